The Hall–Kier alpha value is -2.55. The molecule has 0 aliphatic rings. The van der Waals surface area contributed by atoms with E-state index in [2.05, 4.69) is 10.3 Å². The number of hydrogen-bond donors (Lipinski definition) is 2. The Morgan fingerprint density at radius 2 is 1.95 bits per heavy atom. The third-order valence-corrected chi connectivity index (χ3v) is 3.36. The van der Waals surface area contributed by atoms with Crippen LogP contribution >= 0.6 is 0 Å². The molecule has 0 radical (unpaired) electrons. The molecule has 0 amide bonds. The van der Waals surface area contributed by atoms with Crippen LogP contribution in [0.5, 0.6) is 5.75 Å². The molecule has 3 aromatic rings. The number of benzene rings is 2. The standard InChI is InChI=1S/C17H16N2O/c1-12-8-14(10-18-9-12)19-11-16-15-5-3-2-4-13(15)6-7-17(16)20/h2-10,19-20H,11H2,1H3. The number of aromatic nitrogens is 1. The number of aromatic hydroxyl groups is 1. The molecule has 0 aliphatic carbocycles. The van der Waals surface area contributed by atoms with E-state index in [1.807, 2.05) is 49.5 Å². The molecular formula is C17H16N2O. The van der Waals surface area contributed by atoms with Gasteiger partial charge in [-0.2, -0.15) is 0 Å². The highest BCUT2D eigenvalue weighted by Gasteiger charge is 2.06. The van der Waals surface area contributed by atoms with E-state index in [9.17, 15) is 5.11 Å². The van der Waals surface area contributed by atoms with Crippen LogP contribution in [-0.2, 0) is 6.54 Å². The van der Waals surface area contributed by atoms with Gasteiger partial charge >= 0.3 is 0 Å². The van der Waals surface area contributed by atoms with Crippen molar-refractivity contribution >= 4 is 16.5 Å². The number of phenols is 1. The van der Waals surface area contributed by atoms with Crippen molar-refractivity contribution in [2.45, 2.75) is 13.5 Å². The minimum Gasteiger partial charge on any atom is -0.508 e. The zero-order chi connectivity index (χ0) is 13.9. The summed E-state index contributed by atoms with van der Waals surface area (Å²) in [4.78, 5) is 4.16. The fraction of sp³-hybridized carbons (Fsp3) is 0.118. The van der Waals surface area contributed by atoms with E-state index in [0.717, 1.165) is 27.6 Å². The highest BCUT2D eigenvalue weighted by molar-refractivity contribution is 5.87. The number of hydrogen-bond acceptors (Lipinski definition) is 3. The van der Waals surface area contributed by atoms with E-state index in [0.29, 0.717) is 12.3 Å². The average Bonchev–Trinajstić information content (AvgIpc) is 2.46. The number of nitrogens with zero attached hydrogens (tertiary/aromatic N) is 1. The minimum atomic E-state index is 0.316. The monoisotopic (exact) mass is 264 g/mol. The second-order valence-corrected chi connectivity index (χ2v) is 4.89. The van der Waals surface area contributed by atoms with Crippen LogP contribution in [0.3, 0.4) is 0 Å². The van der Waals surface area contributed by atoms with Gasteiger partial charge in [0.2, 0.25) is 0 Å². The van der Waals surface area contributed by atoms with E-state index in [1.54, 1.807) is 12.3 Å². The maximum atomic E-state index is 10.1. The van der Waals surface area contributed by atoms with E-state index in [1.165, 1.54) is 0 Å². The van der Waals surface area contributed by atoms with Gasteiger partial charge in [-0.3, -0.25) is 4.98 Å². The molecule has 3 nitrogen and oxygen atoms in total. The first-order chi connectivity index (χ1) is 9.74. The molecule has 0 bridgehead atoms. The Balaban J connectivity index is 1.92. The van der Waals surface area contributed by atoms with Crippen LogP contribution in [-0.4, -0.2) is 10.1 Å². The lowest BCUT2D eigenvalue weighted by molar-refractivity contribution is 0.470. The van der Waals surface area contributed by atoms with Crippen LogP contribution in [0.1, 0.15) is 11.1 Å². The largest absolute Gasteiger partial charge is 0.508 e. The highest BCUT2D eigenvalue weighted by Crippen LogP contribution is 2.27. The maximum Gasteiger partial charge on any atom is 0.121 e. The normalized spacial score (nSPS) is 10.7. The van der Waals surface area contributed by atoms with Gasteiger partial charge in [-0.15, -0.1) is 0 Å². The average molecular weight is 264 g/mol. The van der Waals surface area contributed by atoms with Crippen molar-refractivity contribution < 1.29 is 5.11 Å². The summed E-state index contributed by atoms with van der Waals surface area (Å²) in [6, 6.07) is 13.8. The van der Waals surface area contributed by atoms with Crippen molar-refractivity contribution in [2.75, 3.05) is 5.32 Å². The van der Waals surface area contributed by atoms with Crippen LogP contribution in [0.25, 0.3) is 10.8 Å². The second kappa shape index (κ2) is 5.21. The van der Waals surface area contributed by atoms with Crippen LogP contribution in [0.2, 0.25) is 0 Å². The lowest BCUT2D eigenvalue weighted by Crippen LogP contribution is -2.01. The van der Waals surface area contributed by atoms with Crippen molar-refractivity contribution in [1.82, 2.24) is 4.98 Å². The first-order valence-corrected chi connectivity index (χ1v) is 6.59. The summed E-state index contributed by atoms with van der Waals surface area (Å²) in [7, 11) is 0. The Morgan fingerprint density at radius 3 is 2.80 bits per heavy atom. The molecule has 0 aliphatic heterocycles. The molecule has 0 atom stereocenters. The Morgan fingerprint density at radius 1 is 1.10 bits per heavy atom. The van der Waals surface area contributed by atoms with Crippen LogP contribution < -0.4 is 5.32 Å². The van der Waals surface area contributed by atoms with E-state index in [4.69, 9.17) is 0 Å². The van der Waals surface area contributed by atoms with E-state index >= 15 is 0 Å². The molecule has 2 aromatic carbocycles. The van der Waals surface area contributed by atoms with E-state index < -0.39 is 0 Å². The number of phenolic OH excluding ortho intramolecular Hbond substituents is 1. The summed E-state index contributed by atoms with van der Waals surface area (Å²) in [6.45, 7) is 2.58. The third-order valence-electron chi connectivity index (χ3n) is 3.36. The molecule has 0 fully saturated rings. The summed E-state index contributed by atoms with van der Waals surface area (Å²) < 4.78 is 0. The third kappa shape index (κ3) is 2.43. The van der Waals surface area contributed by atoms with Crippen molar-refractivity contribution in [3.8, 4) is 5.75 Å². The first-order valence-electron chi connectivity index (χ1n) is 6.59. The maximum absolute atomic E-state index is 10.1. The molecule has 0 unspecified atom stereocenters. The molecule has 1 aromatic heterocycles. The summed E-state index contributed by atoms with van der Waals surface area (Å²) in [6.07, 6.45) is 3.61. The number of aryl methyl sites for hydroxylation is 1. The molecule has 3 heteroatoms. The van der Waals surface area contributed by atoms with Crippen LogP contribution in [0, 0.1) is 6.92 Å². The van der Waals surface area contributed by atoms with Gasteiger partial charge < -0.3 is 10.4 Å². The molecule has 1 heterocycles. The molecule has 20 heavy (non-hydrogen) atoms. The molecular weight excluding hydrogens is 248 g/mol. The first kappa shape index (κ1) is 12.5. The van der Waals surface area contributed by atoms with Gasteiger partial charge in [0.25, 0.3) is 0 Å². The smallest absolute Gasteiger partial charge is 0.121 e. The minimum absolute atomic E-state index is 0.316. The fourth-order valence-electron chi connectivity index (χ4n) is 2.35. The van der Waals surface area contributed by atoms with Crippen LogP contribution in [0.4, 0.5) is 5.69 Å². The zero-order valence-electron chi connectivity index (χ0n) is 11.3. The predicted molar refractivity (Wildman–Crippen MR) is 81.9 cm³/mol. The van der Waals surface area contributed by atoms with Gasteiger partial charge in [0, 0.05) is 24.5 Å². The van der Waals surface area contributed by atoms with Crippen molar-refractivity contribution in [3.63, 3.8) is 0 Å². The van der Waals surface area contributed by atoms with Gasteiger partial charge in [-0.25, -0.2) is 0 Å². The Kier molecular flexibility index (Phi) is 3.25. The van der Waals surface area contributed by atoms with Gasteiger partial charge in [-0.05, 0) is 35.4 Å². The number of fused-ring (bicyclic) bond motifs is 1. The Labute approximate surface area is 117 Å². The lowest BCUT2D eigenvalue weighted by Gasteiger charge is -2.11. The Bertz CT molecular complexity index is 753. The molecule has 0 saturated carbocycles. The van der Waals surface area contributed by atoms with Gasteiger partial charge in [0.15, 0.2) is 0 Å². The van der Waals surface area contributed by atoms with Gasteiger partial charge in [-0.1, -0.05) is 30.3 Å². The van der Waals surface area contributed by atoms with Crippen molar-refractivity contribution in [1.29, 1.82) is 0 Å². The van der Waals surface area contributed by atoms with Crippen molar-refractivity contribution in [2.24, 2.45) is 0 Å². The van der Waals surface area contributed by atoms with Gasteiger partial charge in [0.05, 0.1) is 5.69 Å². The number of anilines is 1. The molecule has 3 rings (SSSR count). The highest BCUT2D eigenvalue weighted by atomic mass is 16.3. The lowest BCUT2D eigenvalue weighted by atomic mass is 10.0. The molecule has 2 N–H and O–H groups in total. The summed E-state index contributed by atoms with van der Waals surface area (Å²) in [5, 5.41) is 15.6. The van der Waals surface area contributed by atoms with Crippen LogP contribution in [0.15, 0.2) is 54.9 Å². The summed E-state index contributed by atoms with van der Waals surface area (Å²) in [5.41, 5.74) is 2.97. The number of nitrogens with one attached hydrogen (secondary N) is 1. The molecule has 0 saturated heterocycles. The number of pyridine rings is 1. The molecule has 100 valence electrons. The topological polar surface area (TPSA) is 45.2 Å². The fourth-order valence-corrected chi connectivity index (χ4v) is 2.35. The quantitative estimate of drug-likeness (QED) is 0.755. The summed E-state index contributed by atoms with van der Waals surface area (Å²) in [5.74, 6) is 0.316. The SMILES string of the molecule is Cc1cncc(NCc2c(O)ccc3ccccc23)c1. The second-order valence-electron chi connectivity index (χ2n) is 4.89. The van der Waals surface area contributed by atoms with Gasteiger partial charge in [0.1, 0.15) is 5.75 Å². The van der Waals surface area contributed by atoms with Crippen molar-refractivity contribution in [3.05, 3.63) is 66.0 Å². The number of rotatable bonds is 3. The molecule has 0 spiro atoms. The van der Waals surface area contributed by atoms with E-state index in [-0.39, 0.29) is 0 Å². The predicted octanol–water partition coefficient (Wildman–Crippen LogP) is 3.86. The zero-order valence-corrected chi connectivity index (χ0v) is 11.3. The summed E-state index contributed by atoms with van der Waals surface area (Å²) >= 11 is 0.